The summed E-state index contributed by atoms with van der Waals surface area (Å²) in [5, 5.41) is 0. The maximum atomic E-state index is 2.61. The Labute approximate surface area is 144 Å². The van der Waals surface area contributed by atoms with E-state index in [4.69, 9.17) is 0 Å². The predicted octanol–water partition coefficient (Wildman–Crippen LogP) is 6.18. The van der Waals surface area contributed by atoms with Crippen molar-refractivity contribution in [2.75, 3.05) is 19.6 Å². The highest BCUT2D eigenvalue weighted by molar-refractivity contribution is 5.25. The molecule has 0 N–H and O–H groups in total. The van der Waals surface area contributed by atoms with Gasteiger partial charge in [0.1, 0.15) is 0 Å². The fourth-order valence-corrected chi connectivity index (χ4v) is 3.85. The van der Waals surface area contributed by atoms with Gasteiger partial charge in [0.05, 0.1) is 0 Å². The van der Waals surface area contributed by atoms with Crippen LogP contribution in [0.1, 0.15) is 88.7 Å². The minimum atomic E-state index is 0.768. The summed E-state index contributed by atoms with van der Waals surface area (Å²) in [6.45, 7) is 8.51. The highest BCUT2D eigenvalue weighted by Crippen LogP contribution is 2.26. The van der Waals surface area contributed by atoms with Crippen LogP contribution in [-0.4, -0.2) is 24.5 Å². The molecule has 0 aliphatic carbocycles. The molecule has 1 heteroatoms. The van der Waals surface area contributed by atoms with E-state index in [-0.39, 0.29) is 0 Å². The van der Waals surface area contributed by atoms with Gasteiger partial charge in [0.2, 0.25) is 0 Å². The molecule has 23 heavy (non-hydrogen) atoms. The molecule has 130 valence electrons. The number of hydrogen-bond acceptors (Lipinski definition) is 1. The van der Waals surface area contributed by atoms with Crippen LogP contribution in [0.2, 0.25) is 0 Å². The summed E-state index contributed by atoms with van der Waals surface area (Å²) in [5.41, 5.74) is 3.08. The van der Waals surface area contributed by atoms with Gasteiger partial charge in [-0.3, -0.25) is 0 Å². The molecule has 1 unspecified atom stereocenters. The average Bonchev–Trinajstić information content (AvgIpc) is 3.10. The number of benzene rings is 1. The van der Waals surface area contributed by atoms with Crippen molar-refractivity contribution >= 4 is 0 Å². The summed E-state index contributed by atoms with van der Waals surface area (Å²) in [5.74, 6) is 0.768. The third-order valence-electron chi connectivity index (χ3n) is 5.52. The SMILES string of the molecule is CCCCCCCC(CC)c1ccc(CCN2CCCC2)cc1. The Balaban J connectivity index is 1.74. The first-order valence-electron chi connectivity index (χ1n) is 10.1. The quantitative estimate of drug-likeness (QED) is 0.441. The summed E-state index contributed by atoms with van der Waals surface area (Å²) in [4.78, 5) is 2.61. The molecule has 0 aromatic heterocycles. The number of likely N-dealkylation sites (tertiary alicyclic amines) is 1. The fraction of sp³-hybridized carbons (Fsp3) is 0.727. The lowest BCUT2D eigenvalue weighted by Gasteiger charge is -2.17. The maximum absolute atomic E-state index is 2.61. The summed E-state index contributed by atoms with van der Waals surface area (Å²) in [6, 6.07) is 9.56. The average molecular weight is 316 g/mol. The lowest BCUT2D eigenvalue weighted by atomic mass is 9.90. The second kappa shape index (κ2) is 10.9. The van der Waals surface area contributed by atoms with Crippen LogP contribution in [0.4, 0.5) is 0 Å². The Morgan fingerprint density at radius 2 is 1.61 bits per heavy atom. The van der Waals surface area contributed by atoms with Gasteiger partial charge in [-0.15, -0.1) is 0 Å². The molecule has 1 aliphatic rings. The first kappa shape index (κ1) is 18.5. The van der Waals surface area contributed by atoms with Gasteiger partial charge in [0, 0.05) is 6.54 Å². The van der Waals surface area contributed by atoms with Crippen LogP contribution in [0.3, 0.4) is 0 Å². The Morgan fingerprint density at radius 3 is 2.26 bits per heavy atom. The van der Waals surface area contributed by atoms with Crippen LogP contribution >= 0.6 is 0 Å². The van der Waals surface area contributed by atoms with Crippen molar-refractivity contribution in [2.45, 2.75) is 84.0 Å². The maximum Gasteiger partial charge on any atom is 0.00218 e. The van der Waals surface area contributed by atoms with Crippen LogP contribution in [-0.2, 0) is 6.42 Å². The van der Waals surface area contributed by atoms with Crippen molar-refractivity contribution in [1.82, 2.24) is 4.90 Å². The molecule has 1 aromatic carbocycles. The van der Waals surface area contributed by atoms with E-state index in [1.54, 1.807) is 5.56 Å². The van der Waals surface area contributed by atoms with Gasteiger partial charge in [-0.2, -0.15) is 0 Å². The smallest absolute Gasteiger partial charge is 0.00218 e. The molecule has 1 heterocycles. The molecular weight excluding hydrogens is 278 g/mol. The minimum absolute atomic E-state index is 0.768. The number of hydrogen-bond donors (Lipinski definition) is 0. The van der Waals surface area contributed by atoms with E-state index >= 15 is 0 Å². The van der Waals surface area contributed by atoms with Gasteiger partial charge in [0.15, 0.2) is 0 Å². The summed E-state index contributed by atoms with van der Waals surface area (Å²) < 4.78 is 0. The first-order chi connectivity index (χ1) is 11.3. The molecule has 1 aromatic rings. The molecule has 0 spiro atoms. The van der Waals surface area contributed by atoms with E-state index < -0.39 is 0 Å². The molecule has 1 aliphatic heterocycles. The Kier molecular flexibility index (Phi) is 8.74. The number of nitrogens with zero attached hydrogens (tertiary/aromatic N) is 1. The van der Waals surface area contributed by atoms with E-state index in [1.165, 1.54) is 89.4 Å². The molecular formula is C22H37N. The zero-order valence-electron chi connectivity index (χ0n) is 15.5. The normalized spacial score (nSPS) is 16.8. The highest BCUT2D eigenvalue weighted by atomic mass is 15.1. The summed E-state index contributed by atoms with van der Waals surface area (Å²) in [6.07, 6.45) is 13.6. The van der Waals surface area contributed by atoms with Crippen molar-refractivity contribution in [1.29, 1.82) is 0 Å². The Bertz CT molecular complexity index is 402. The predicted molar refractivity (Wildman–Crippen MR) is 102 cm³/mol. The molecule has 0 bridgehead atoms. The third kappa shape index (κ3) is 6.67. The van der Waals surface area contributed by atoms with E-state index in [0.717, 1.165) is 5.92 Å². The first-order valence-corrected chi connectivity index (χ1v) is 10.1. The zero-order valence-corrected chi connectivity index (χ0v) is 15.5. The van der Waals surface area contributed by atoms with Crippen molar-refractivity contribution in [3.8, 4) is 0 Å². The molecule has 1 atom stereocenters. The third-order valence-corrected chi connectivity index (χ3v) is 5.52. The van der Waals surface area contributed by atoms with Gasteiger partial charge < -0.3 is 4.90 Å². The monoisotopic (exact) mass is 315 g/mol. The zero-order chi connectivity index (χ0) is 16.3. The second-order valence-corrected chi connectivity index (χ2v) is 7.35. The highest BCUT2D eigenvalue weighted by Gasteiger charge is 2.12. The number of unbranched alkanes of at least 4 members (excludes halogenated alkanes) is 4. The second-order valence-electron chi connectivity index (χ2n) is 7.35. The van der Waals surface area contributed by atoms with Crippen molar-refractivity contribution in [2.24, 2.45) is 0 Å². The molecule has 2 rings (SSSR count). The van der Waals surface area contributed by atoms with Crippen molar-refractivity contribution in [3.05, 3.63) is 35.4 Å². The van der Waals surface area contributed by atoms with Crippen LogP contribution in [0, 0.1) is 0 Å². The molecule has 0 radical (unpaired) electrons. The van der Waals surface area contributed by atoms with Crippen LogP contribution < -0.4 is 0 Å². The molecule has 0 amide bonds. The molecule has 1 fully saturated rings. The van der Waals surface area contributed by atoms with E-state index in [2.05, 4.69) is 43.0 Å². The van der Waals surface area contributed by atoms with E-state index in [1.807, 2.05) is 0 Å². The lowest BCUT2D eigenvalue weighted by Crippen LogP contribution is -2.21. The van der Waals surface area contributed by atoms with E-state index in [0.29, 0.717) is 0 Å². The van der Waals surface area contributed by atoms with Crippen LogP contribution in [0.15, 0.2) is 24.3 Å². The van der Waals surface area contributed by atoms with E-state index in [9.17, 15) is 0 Å². The molecule has 1 saturated heterocycles. The van der Waals surface area contributed by atoms with Gasteiger partial charge in [0.25, 0.3) is 0 Å². The van der Waals surface area contributed by atoms with Crippen LogP contribution in [0.5, 0.6) is 0 Å². The Morgan fingerprint density at radius 1 is 0.913 bits per heavy atom. The van der Waals surface area contributed by atoms with Gasteiger partial charge in [-0.25, -0.2) is 0 Å². The van der Waals surface area contributed by atoms with Crippen molar-refractivity contribution < 1.29 is 0 Å². The van der Waals surface area contributed by atoms with Crippen molar-refractivity contribution in [3.63, 3.8) is 0 Å². The fourth-order valence-electron chi connectivity index (χ4n) is 3.85. The van der Waals surface area contributed by atoms with Crippen LogP contribution in [0.25, 0.3) is 0 Å². The Hall–Kier alpha value is -0.820. The van der Waals surface area contributed by atoms with Gasteiger partial charge >= 0.3 is 0 Å². The topological polar surface area (TPSA) is 3.24 Å². The number of rotatable bonds is 11. The van der Waals surface area contributed by atoms with Gasteiger partial charge in [-0.1, -0.05) is 70.2 Å². The molecule has 0 saturated carbocycles. The summed E-state index contributed by atoms with van der Waals surface area (Å²) in [7, 11) is 0. The standard InChI is InChI=1S/C22H37N/c1-3-5-6-7-8-11-21(4-2)22-14-12-20(13-15-22)16-19-23-17-9-10-18-23/h12-15,21H,3-11,16-19H2,1-2H3. The minimum Gasteiger partial charge on any atom is -0.303 e. The largest absolute Gasteiger partial charge is 0.303 e. The lowest BCUT2D eigenvalue weighted by molar-refractivity contribution is 0.343. The van der Waals surface area contributed by atoms with Gasteiger partial charge in [-0.05, 0) is 62.2 Å². The molecule has 1 nitrogen and oxygen atoms in total. The summed E-state index contributed by atoms with van der Waals surface area (Å²) >= 11 is 0.